The van der Waals surface area contributed by atoms with Crippen molar-refractivity contribution in [1.29, 1.82) is 0 Å². The number of nitrogens with one attached hydrogen (secondary N) is 1. The van der Waals surface area contributed by atoms with Crippen molar-refractivity contribution in [3.05, 3.63) is 57.2 Å². The van der Waals surface area contributed by atoms with Crippen LogP contribution in [-0.4, -0.2) is 17.1 Å². The molecule has 0 saturated heterocycles. The average molecular weight is 325 g/mol. The topological polar surface area (TPSA) is 60.3 Å². The first kappa shape index (κ1) is 16.0. The Bertz CT molecular complexity index is 774. The number of benzene rings is 1. The number of nitrogens with zero attached hydrogens (tertiary/aromatic N) is 1. The zero-order valence-electron chi connectivity index (χ0n) is 12.0. The minimum Gasteiger partial charge on any atom is -0.488 e. The summed E-state index contributed by atoms with van der Waals surface area (Å²) >= 11 is 5.66. The Balaban J connectivity index is 2.27. The molecular formula is C15H14ClFN2O3. The van der Waals surface area contributed by atoms with E-state index in [1.807, 2.05) is 0 Å². The summed E-state index contributed by atoms with van der Waals surface area (Å²) in [5.41, 5.74) is 0.0915. The van der Waals surface area contributed by atoms with E-state index in [-0.39, 0.29) is 21.9 Å². The molecule has 0 aliphatic rings. The smallest absolute Gasteiger partial charge is 0.272 e. The van der Waals surface area contributed by atoms with Gasteiger partial charge in [0.25, 0.3) is 5.91 Å². The van der Waals surface area contributed by atoms with E-state index in [1.54, 1.807) is 14.0 Å². The Morgan fingerprint density at radius 2 is 2.14 bits per heavy atom. The first-order valence-corrected chi connectivity index (χ1v) is 6.90. The van der Waals surface area contributed by atoms with Crippen LogP contribution in [0, 0.1) is 5.82 Å². The van der Waals surface area contributed by atoms with Gasteiger partial charge in [-0.1, -0.05) is 11.6 Å². The molecule has 0 fully saturated rings. The lowest BCUT2D eigenvalue weighted by molar-refractivity contribution is 0.101. The molecule has 0 radical (unpaired) electrons. The van der Waals surface area contributed by atoms with Crippen molar-refractivity contribution in [2.75, 3.05) is 11.9 Å². The zero-order valence-corrected chi connectivity index (χ0v) is 12.8. The molecule has 0 aliphatic carbocycles. The van der Waals surface area contributed by atoms with Gasteiger partial charge in [-0.2, -0.15) is 0 Å². The SMILES string of the molecule is CCOc1cn(C)c(C(=O)Nc2ccc(F)c(Cl)c2)cc1=O. The van der Waals surface area contributed by atoms with Crippen LogP contribution in [0.3, 0.4) is 0 Å². The number of hydrogen-bond acceptors (Lipinski definition) is 3. The average Bonchev–Trinajstić information content (AvgIpc) is 2.46. The van der Waals surface area contributed by atoms with Gasteiger partial charge in [-0.05, 0) is 25.1 Å². The summed E-state index contributed by atoms with van der Waals surface area (Å²) < 4.78 is 19.7. The fourth-order valence-electron chi connectivity index (χ4n) is 1.86. The fourth-order valence-corrected chi connectivity index (χ4v) is 2.05. The van der Waals surface area contributed by atoms with E-state index in [2.05, 4.69) is 5.32 Å². The third kappa shape index (κ3) is 3.46. The molecular weight excluding hydrogens is 311 g/mol. The van der Waals surface area contributed by atoms with E-state index in [0.717, 1.165) is 6.07 Å². The van der Waals surface area contributed by atoms with Gasteiger partial charge in [-0.3, -0.25) is 9.59 Å². The number of aromatic nitrogens is 1. The van der Waals surface area contributed by atoms with Gasteiger partial charge in [0.2, 0.25) is 5.43 Å². The number of hydrogen-bond donors (Lipinski definition) is 1. The summed E-state index contributed by atoms with van der Waals surface area (Å²) in [5.74, 6) is -0.912. The van der Waals surface area contributed by atoms with Crippen molar-refractivity contribution in [2.45, 2.75) is 6.92 Å². The van der Waals surface area contributed by atoms with E-state index in [4.69, 9.17) is 16.3 Å². The van der Waals surface area contributed by atoms with Crippen molar-refractivity contribution in [2.24, 2.45) is 7.05 Å². The second-order valence-corrected chi connectivity index (χ2v) is 4.92. The van der Waals surface area contributed by atoms with Gasteiger partial charge in [0, 0.05) is 18.8 Å². The highest BCUT2D eigenvalue weighted by Gasteiger charge is 2.13. The Labute approximate surface area is 131 Å². The van der Waals surface area contributed by atoms with Gasteiger partial charge in [-0.15, -0.1) is 0 Å². The fraction of sp³-hybridized carbons (Fsp3) is 0.200. The summed E-state index contributed by atoms with van der Waals surface area (Å²) in [6.07, 6.45) is 1.44. The van der Waals surface area contributed by atoms with E-state index >= 15 is 0 Å². The second-order valence-electron chi connectivity index (χ2n) is 4.51. The molecule has 0 bridgehead atoms. The first-order chi connectivity index (χ1) is 10.4. The molecule has 1 N–H and O–H groups in total. The number of halogens is 2. The highest BCUT2D eigenvalue weighted by molar-refractivity contribution is 6.31. The Morgan fingerprint density at radius 3 is 2.77 bits per heavy atom. The molecule has 5 nitrogen and oxygen atoms in total. The molecule has 2 rings (SSSR count). The molecule has 1 aromatic heterocycles. The molecule has 0 saturated carbocycles. The largest absolute Gasteiger partial charge is 0.488 e. The van der Waals surface area contributed by atoms with Gasteiger partial charge in [0.05, 0.1) is 17.8 Å². The molecule has 0 aliphatic heterocycles. The normalized spacial score (nSPS) is 10.4. The Kier molecular flexibility index (Phi) is 4.82. The summed E-state index contributed by atoms with van der Waals surface area (Å²) in [6.45, 7) is 2.12. The van der Waals surface area contributed by atoms with E-state index in [1.165, 1.54) is 29.0 Å². The van der Waals surface area contributed by atoms with Gasteiger partial charge in [0.1, 0.15) is 11.5 Å². The highest BCUT2D eigenvalue weighted by atomic mass is 35.5. The van der Waals surface area contributed by atoms with Crippen LogP contribution in [0.2, 0.25) is 5.02 Å². The number of ether oxygens (including phenoxy) is 1. The molecule has 1 heterocycles. The van der Waals surface area contributed by atoms with Crippen LogP contribution in [-0.2, 0) is 7.05 Å². The lowest BCUT2D eigenvalue weighted by atomic mass is 10.2. The van der Waals surface area contributed by atoms with E-state index < -0.39 is 11.7 Å². The maximum Gasteiger partial charge on any atom is 0.272 e. The predicted molar refractivity (Wildman–Crippen MR) is 82.2 cm³/mol. The van der Waals surface area contributed by atoms with Crippen molar-refractivity contribution in [3.63, 3.8) is 0 Å². The quantitative estimate of drug-likeness (QED) is 0.940. The minimum absolute atomic E-state index is 0.0987. The van der Waals surface area contributed by atoms with Crippen LogP contribution in [0.4, 0.5) is 10.1 Å². The van der Waals surface area contributed by atoms with Crippen LogP contribution in [0.15, 0.2) is 35.3 Å². The Hall–Kier alpha value is -2.34. The number of carbonyl (C=O) groups is 1. The van der Waals surface area contributed by atoms with Gasteiger partial charge in [0.15, 0.2) is 5.75 Å². The van der Waals surface area contributed by atoms with Crippen molar-refractivity contribution >= 4 is 23.2 Å². The second kappa shape index (κ2) is 6.62. The number of rotatable bonds is 4. The van der Waals surface area contributed by atoms with Gasteiger partial charge in [-0.25, -0.2) is 4.39 Å². The van der Waals surface area contributed by atoms with E-state index in [9.17, 15) is 14.0 Å². The molecule has 1 aromatic carbocycles. The first-order valence-electron chi connectivity index (χ1n) is 6.52. The van der Waals surface area contributed by atoms with Crippen LogP contribution in [0.5, 0.6) is 5.75 Å². The van der Waals surface area contributed by atoms with Gasteiger partial charge >= 0.3 is 0 Å². The van der Waals surface area contributed by atoms with Crippen molar-refractivity contribution in [3.8, 4) is 5.75 Å². The third-order valence-corrected chi connectivity index (χ3v) is 3.20. The molecule has 1 amide bonds. The molecule has 2 aromatic rings. The molecule has 22 heavy (non-hydrogen) atoms. The number of anilines is 1. The monoisotopic (exact) mass is 324 g/mol. The maximum atomic E-state index is 13.1. The van der Waals surface area contributed by atoms with Crippen LogP contribution >= 0.6 is 11.6 Å². The molecule has 0 spiro atoms. The Morgan fingerprint density at radius 1 is 1.41 bits per heavy atom. The van der Waals surface area contributed by atoms with Crippen LogP contribution < -0.4 is 15.5 Å². The lowest BCUT2D eigenvalue weighted by Gasteiger charge is -2.11. The third-order valence-electron chi connectivity index (χ3n) is 2.91. The summed E-state index contributed by atoms with van der Waals surface area (Å²) in [5, 5.41) is 2.46. The summed E-state index contributed by atoms with van der Waals surface area (Å²) in [4.78, 5) is 24.1. The lowest BCUT2D eigenvalue weighted by Crippen LogP contribution is -2.21. The standard InChI is InChI=1S/C15H14ClFN2O3/c1-3-22-14-8-19(2)12(7-13(14)20)15(21)18-9-4-5-11(17)10(16)6-9/h4-8H,3H2,1-2H3,(H,18,21). The number of pyridine rings is 1. The van der Waals surface area contributed by atoms with E-state index in [0.29, 0.717) is 12.3 Å². The van der Waals surface area contributed by atoms with Crippen molar-refractivity contribution < 1.29 is 13.9 Å². The summed E-state index contributed by atoms with van der Waals surface area (Å²) in [6, 6.07) is 5.01. The summed E-state index contributed by atoms with van der Waals surface area (Å²) in [7, 11) is 1.62. The minimum atomic E-state index is -0.576. The number of amides is 1. The van der Waals surface area contributed by atoms with Crippen LogP contribution in [0.25, 0.3) is 0 Å². The molecule has 0 atom stereocenters. The predicted octanol–water partition coefficient (Wildman–Crippen LogP) is 2.83. The van der Waals surface area contributed by atoms with Gasteiger partial charge < -0.3 is 14.6 Å². The highest BCUT2D eigenvalue weighted by Crippen LogP contribution is 2.20. The number of carbonyl (C=O) groups excluding carboxylic acids is 1. The molecule has 0 unspecified atom stereocenters. The molecule has 7 heteroatoms. The molecule has 116 valence electrons. The zero-order chi connectivity index (χ0) is 16.3. The maximum absolute atomic E-state index is 13.1. The van der Waals surface area contributed by atoms with Crippen LogP contribution in [0.1, 0.15) is 17.4 Å². The number of aryl methyl sites for hydroxylation is 1. The van der Waals surface area contributed by atoms with Crippen molar-refractivity contribution in [1.82, 2.24) is 4.57 Å².